The molecule has 0 saturated carbocycles. The molecule has 1 aliphatic rings. The predicted molar refractivity (Wildman–Crippen MR) is 237 cm³/mol. The van der Waals surface area contributed by atoms with E-state index >= 15 is 0 Å². The van der Waals surface area contributed by atoms with Crippen LogP contribution in [0.1, 0.15) is 239 Å². The van der Waals surface area contributed by atoms with Crippen molar-refractivity contribution in [2.75, 3.05) is 39.3 Å². The van der Waals surface area contributed by atoms with E-state index in [0.29, 0.717) is 26.0 Å². The molecule has 1 heterocycles. The van der Waals surface area contributed by atoms with E-state index in [4.69, 9.17) is 9.47 Å². The zero-order valence-electron chi connectivity index (χ0n) is 37.8. The lowest BCUT2D eigenvalue weighted by molar-refractivity contribution is -0.150. The maximum Gasteiger partial charge on any atom is 0.306 e. The van der Waals surface area contributed by atoms with Gasteiger partial charge in [-0.1, -0.05) is 162 Å². The van der Waals surface area contributed by atoms with Crippen LogP contribution in [0.15, 0.2) is 0 Å². The van der Waals surface area contributed by atoms with Gasteiger partial charge in [0, 0.05) is 19.4 Å². The molecular weight excluding hydrogens is 715 g/mol. The maximum absolute atomic E-state index is 12.8. The maximum atomic E-state index is 12.8. The van der Waals surface area contributed by atoms with Crippen molar-refractivity contribution >= 4 is 17.8 Å². The second-order valence-electron chi connectivity index (χ2n) is 17.1. The van der Waals surface area contributed by atoms with Crippen molar-refractivity contribution in [1.82, 2.24) is 15.1 Å². The zero-order chi connectivity index (χ0) is 41.4. The van der Waals surface area contributed by atoms with Crippen LogP contribution >= 0.6 is 0 Å². The molecule has 336 valence electrons. The largest absolute Gasteiger partial charge is 0.466 e. The number of nitrogens with one attached hydrogen (secondary N) is 1. The molecule has 0 aromatic carbocycles. The SMILES string of the molecule is CCCCCCCCCOC(=O)CCCCCCCN(CCCCCCCC(=O)OC(CCCCCCCC)CCCCCCCC)CCCN1C(=O)CNC1O. The van der Waals surface area contributed by atoms with Crippen molar-refractivity contribution in [3.8, 4) is 0 Å². The second-order valence-corrected chi connectivity index (χ2v) is 17.1. The third-order valence-corrected chi connectivity index (χ3v) is 11.7. The van der Waals surface area contributed by atoms with Crippen LogP contribution in [0, 0.1) is 0 Å². The first kappa shape index (κ1) is 53.3. The van der Waals surface area contributed by atoms with Crippen LogP contribution in [0.4, 0.5) is 0 Å². The quantitative estimate of drug-likeness (QED) is 0.0463. The van der Waals surface area contributed by atoms with E-state index in [1.54, 1.807) is 0 Å². The van der Waals surface area contributed by atoms with Crippen LogP contribution in [0.2, 0.25) is 0 Å². The normalized spacial score (nSPS) is 14.4. The number of nitrogens with zero attached hydrogens (tertiary/aromatic N) is 2. The summed E-state index contributed by atoms with van der Waals surface area (Å²) in [5.74, 6) is -0.0837. The summed E-state index contributed by atoms with van der Waals surface area (Å²) in [5, 5.41) is 12.9. The van der Waals surface area contributed by atoms with E-state index in [9.17, 15) is 19.5 Å². The van der Waals surface area contributed by atoms with Gasteiger partial charge in [0.05, 0.1) is 13.2 Å². The minimum Gasteiger partial charge on any atom is -0.466 e. The Labute approximate surface area is 351 Å². The molecular formula is C48H93N3O6. The molecule has 0 aliphatic carbocycles. The van der Waals surface area contributed by atoms with Crippen molar-refractivity contribution in [2.45, 2.75) is 252 Å². The monoisotopic (exact) mass is 808 g/mol. The highest BCUT2D eigenvalue weighted by atomic mass is 16.5. The highest BCUT2D eigenvalue weighted by Crippen LogP contribution is 2.19. The lowest BCUT2D eigenvalue weighted by atomic mass is 10.0. The number of esters is 2. The molecule has 0 aromatic rings. The molecule has 0 bridgehead atoms. The third kappa shape index (κ3) is 32.8. The summed E-state index contributed by atoms with van der Waals surface area (Å²) in [6, 6.07) is 0. The molecule has 1 atom stereocenters. The molecule has 1 unspecified atom stereocenters. The van der Waals surface area contributed by atoms with Crippen LogP contribution in [-0.2, 0) is 23.9 Å². The first-order chi connectivity index (χ1) is 27.9. The smallest absolute Gasteiger partial charge is 0.306 e. The summed E-state index contributed by atoms with van der Waals surface area (Å²) in [6.07, 6.45) is 37.7. The number of unbranched alkanes of at least 4 members (excludes halogenated alkanes) is 24. The number of aliphatic hydroxyl groups excluding tert-OH is 1. The van der Waals surface area contributed by atoms with Gasteiger partial charge in [-0.05, 0) is 83.8 Å². The van der Waals surface area contributed by atoms with Gasteiger partial charge in [-0.25, -0.2) is 0 Å². The predicted octanol–water partition coefficient (Wildman–Crippen LogP) is 11.8. The van der Waals surface area contributed by atoms with Gasteiger partial charge in [0.15, 0.2) is 6.35 Å². The fraction of sp³-hybridized carbons (Fsp3) is 0.938. The fourth-order valence-corrected chi connectivity index (χ4v) is 7.97. The number of hydrogen-bond acceptors (Lipinski definition) is 8. The number of rotatable bonds is 43. The lowest BCUT2D eigenvalue weighted by Gasteiger charge is -2.25. The Morgan fingerprint density at radius 2 is 1.02 bits per heavy atom. The van der Waals surface area contributed by atoms with Crippen molar-refractivity contribution in [2.24, 2.45) is 0 Å². The summed E-state index contributed by atoms with van der Waals surface area (Å²) in [6.45, 7) is 11.1. The van der Waals surface area contributed by atoms with Gasteiger partial charge >= 0.3 is 11.9 Å². The Kier molecular flexibility index (Phi) is 37.2. The Hall–Kier alpha value is -1.71. The molecule has 1 amide bonds. The van der Waals surface area contributed by atoms with E-state index in [-0.39, 0.29) is 30.5 Å². The molecule has 57 heavy (non-hydrogen) atoms. The van der Waals surface area contributed by atoms with E-state index < -0.39 is 6.35 Å². The van der Waals surface area contributed by atoms with Crippen LogP contribution < -0.4 is 5.32 Å². The number of ether oxygens (including phenoxy) is 2. The minimum atomic E-state index is -0.868. The van der Waals surface area contributed by atoms with Gasteiger partial charge in [0.2, 0.25) is 5.91 Å². The first-order valence-electron chi connectivity index (χ1n) is 24.7. The molecule has 9 nitrogen and oxygen atoms in total. The van der Waals surface area contributed by atoms with Crippen LogP contribution in [0.3, 0.4) is 0 Å². The number of hydrogen-bond donors (Lipinski definition) is 2. The van der Waals surface area contributed by atoms with Crippen LogP contribution in [-0.4, -0.2) is 84.5 Å². The number of aliphatic hydroxyl groups is 1. The molecule has 2 N–H and O–H groups in total. The highest BCUT2D eigenvalue weighted by molar-refractivity contribution is 5.80. The standard InChI is InChI=1S/C48H93N3O6/c1-4-7-10-13-16-25-32-42-56-46(53)36-28-21-17-23-30-38-50(40-33-41-51-45(52)43-49-48(51)55)39-31-24-18-22-29-37-47(54)57-44(34-26-19-14-11-8-5-2)35-27-20-15-12-9-6-3/h44,48-49,55H,4-43H2,1-3H3. The Bertz CT molecular complexity index is 920. The van der Waals surface area contributed by atoms with E-state index in [2.05, 4.69) is 31.0 Å². The van der Waals surface area contributed by atoms with E-state index in [0.717, 1.165) is 116 Å². The molecule has 1 rings (SSSR count). The van der Waals surface area contributed by atoms with Crippen molar-refractivity contribution in [3.05, 3.63) is 0 Å². The summed E-state index contributed by atoms with van der Waals surface area (Å²) in [5.41, 5.74) is 0. The molecule has 1 saturated heterocycles. The Morgan fingerprint density at radius 3 is 1.51 bits per heavy atom. The van der Waals surface area contributed by atoms with E-state index in [1.165, 1.54) is 114 Å². The van der Waals surface area contributed by atoms with Gasteiger partial charge in [0.1, 0.15) is 6.10 Å². The average molecular weight is 808 g/mol. The van der Waals surface area contributed by atoms with Gasteiger partial charge < -0.3 is 24.4 Å². The number of amides is 1. The van der Waals surface area contributed by atoms with Gasteiger partial charge in [-0.15, -0.1) is 0 Å². The first-order valence-corrected chi connectivity index (χ1v) is 24.7. The van der Waals surface area contributed by atoms with E-state index in [1.807, 2.05) is 0 Å². The molecule has 0 spiro atoms. The Balaban J connectivity index is 2.30. The van der Waals surface area contributed by atoms with Crippen molar-refractivity contribution < 1.29 is 29.0 Å². The number of carbonyl (C=O) groups is 3. The van der Waals surface area contributed by atoms with Crippen molar-refractivity contribution in [1.29, 1.82) is 0 Å². The molecule has 9 heteroatoms. The van der Waals surface area contributed by atoms with Gasteiger partial charge in [0.25, 0.3) is 0 Å². The summed E-state index contributed by atoms with van der Waals surface area (Å²) in [4.78, 5) is 41.1. The molecule has 1 fully saturated rings. The average Bonchev–Trinajstić information content (AvgIpc) is 3.52. The summed E-state index contributed by atoms with van der Waals surface area (Å²) in [7, 11) is 0. The fourth-order valence-electron chi connectivity index (χ4n) is 7.97. The molecule has 0 aromatic heterocycles. The highest BCUT2D eigenvalue weighted by Gasteiger charge is 2.27. The van der Waals surface area contributed by atoms with Gasteiger partial charge in [-0.2, -0.15) is 0 Å². The second kappa shape index (κ2) is 39.7. The van der Waals surface area contributed by atoms with Gasteiger partial charge in [-0.3, -0.25) is 19.7 Å². The number of carbonyl (C=O) groups excluding carboxylic acids is 3. The lowest BCUT2D eigenvalue weighted by Crippen LogP contribution is -2.39. The van der Waals surface area contributed by atoms with Crippen LogP contribution in [0.5, 0.6) is 0 Å². The third-order valence-electron chi connectivity index (χ3n) is 11.7. The summed E-state index contributed by atoms with van der Waals surface area (Å²) < 4.78 is 11.5. The van der Waals surface area contributed by atoms with Crippen molar-refractivity contribution in [3.63, 3.8) is 0 Å². The summed E-state index contributed by atoms with van der Waals surface area (Å²) >= 11 is 0. The minimum absolute atomic E-state index is 0.00122. The van der Waals surface area contributed by atoms with Crippen LogP contribution in [0.25, 0.3) is 0 Å². The zero-order valence-corrected chi connectivity index (χ0v) is 37.8. The molecule has 1 aliphatic heterocycles. The molecule has 0 radical (unpaired) electrons. The topological polar surface area (TPSA) is 108 Å². The Morgan fingerprint density at radius 1 is 0.596 bits per heavy atom.